The molecule has 0 saturated carbocycles. The van der Waals surface area contributed by atoms with Gasteiger partial charge in [-0.3, -0.25) is 14.9 Å². The number of anilines is 2. The van der Waals surface area contributed by atoms with E-state index in [1.807, 2.05) is 30.0 Å². The van der Waals surface area contributed by atoms with E-state index in [1.54, 1.807) is 37.6 Å². The van der Waals surface area contributed by atoms with Crippen LogP contribution >= 0.6 is 0 Å². The molecule has 0 unspecified atom stereocenters. The molecule has 0 radical (unpaired) electrons. The second kappa shape index (κ2) is 9.64. The van der Waals surface area contributed by atoms with Gasteiger partial charge < -0.3 is 24.3 Å². The Labute approximate surface area is 191 Å². The van der Waals surface area contributed by atoms with E-state index in [-0.39, 0.29) is 11.6 Å². The molecule has 2 aromatic carbocycles. The zero-order valence-electron chi connectivity index (χ0n) is 18.6. The van der Waals surface area contributed by atoms with Crippen LogP contribution in [0, 0.1) is 17.0 Å². The topological polar surface area (TPSA) is 101 Å². The number of amides is 1. The summed E-state index contributed by atoms with van der Waals surface area (Å²) >= 11 is 0. The molecule has 4 rings (SSSR count). The third kappa shape index (κ3) is 4.77. The maximum atomic E-state index is 13.1. The van der Waals surface area contributed by atoms with Gasteiger partial charge in [0.25, 0.3) is 11.6 Å². The number of aryl methyl sites for hydroxylation is 1. The summed E-state index contributed by atoms with van der Waals surface area (Å²) in [6, 6.07) is 14.2. The number of nitrogens with one attached hydrogen (secondary N) is 1. The largest absolute Gasteiger partial charge is 0.496 e. The molecule has 9 heteroatoms. The molecular formula is C24H26N4O5. The zero-order chi connectivity index (χ0) is 23.4. The van der Waals surface area contributed by atoms with Crippen molar-refractivity contribution in [2.75, 3.05) is 43.5 Å². The van der Waals surface area contributed by atoms with Crippen LogP contribution < -0.4 is 15.0 Å². The lowest BCUT2D eigenvalue weighted by Gasteiger charge is -2.36. The Morgan fingerprint density at radius 3 is 2.61 bits per heavy atom. The Hall–Kier alpha value is -4.01. The molecule has 0 aliphatic carbocycles. The van der Waals surface area contributed by atoms with Crippen LogP contribution in [0.2, 0.25) is 0 Å². The third-order valence-electron chi connectivity index (χ3n) is 5.79. The highest BCUT2D eigenvalue weighted by atomic mass is 16.6. The van der Waals surface area contributed by atoms with Gasteiger partial charge in [-0.15, -0.1) is 0 Å². The van der Waals surface area contributed by atoms with Crippen molar-refractivity contribution in [1.29, 1.82) is 0 Å². The lowest BCUT2D eigenvalue weighted by atomic mass is 10.1. The van der Waals surface area contributed by atoms with E-state index in [0.717, 1.165) is 11.3 Å². The lowest BCUT2D eigenvalue weighted by Crippen LogP contribution is -2.48. The van der Waals surface area contributed by atoms with E-state index in [0.29, 0.717) is 55.5 Å². The predicted molar refractivity (Wildman–Crippen MR) is 125 cm³/mol. The van der Waals surface area contributed by atoms with Crippen LogP contribution in [0.25, 0.3) is 0 Å². The number of nitrogens with zero attached hydrogens (tertiary/aromatic N) is 3. The lowest BCUT2D eigenvalue weighted by molar-refractivity contribution is -0.384. The first-order valence-electron chi connectivity index (χ1n) is 10.7. The Morgan fingerprint density at radius 2 is 1.94 bits per heavy atom. The van der Waals surface area contributed by atoms with Crippen molar-refractivity contribution in [3.63, 3.8) is 0 Å². The maximum absolute atomic E-state index is 13.1. The van der Waals surface area contributed by atoms with Crippen LogP contribution in [0.3, 0.4) is 0 Å². The van der Waals surface area contributed by atoms with Crippen molar-refractivity contribution in [1.82, 2.24) is 4.90 Å². The number of carbonyl (C=O) groups is 1. The first kappa shape index (κ1) is 22.2. The van der Waals surface area contributed by atoms with Gasteiger partial charge in [0.1, 0.15) is 17.2 Å². The smallest absolute Gasteiger partial charge is 0.292 e. The van der Waals surface area contributed by atoms with Gasteiger partial charge in [-0.1, -0.05) is 12.1 Å². The highest BCUT2D eigenvalue weighted by molar-refractivity contribution is 5.97. The van der Waals surface area contributed by atoms with Gasteiger partial charge in [0, 0.05) is 37.9 Å². The Balaban J connectivity index is 1.46. The Morgan fingerprint density at radius 1 is 1.15 bits per heavy atom. The number of methoxy groups -OCH3 is 1. The van der Waals surface area contributed by atoms with E-state index >= 15 is 0 Å². The quantitative estimate of drug-likeness (QED) is 0.427. The molecule has 0 atom stereocenters. The van der Waals surface area contributed by atoms with E-state index < -0.39 is 4.92 Å². The fourth-order valence-corrected chi connectivity index (χ4v) is 4.05. The van der Waals surface area contributed by atoms with E-state index in [4.69, 9.17) is 9.15 Å². The first-order chi connectivity index (χ1) is 16.0. The van der Waals surface area contributed by atoms with Gasteiger partial charge in [0.2, 0.25) is 0 Å². The van der Waals surface area contributed by atoms with Gasteiger partial charge in [0.05, 0.1) is 30.4 Å². The van der Waals surface area contributed by atoms with Crippen molar-refractivity contribution in [2.24, 2.45) is 0 Å². The van der Waals surface area contributed by atoms with E-state index in [9.17, 15) is 14.9 Å². The predicted octanol–water partition coefficient (Wildman–Crippen LogP) is 4.08. The zero-order valence-corrected chi connectivity index (χ0v) is 18.6. The molecule has 1 saturated heterocycles. The molecule has 1 aromatic heterocycles. The standard InChI is InChI=1S/C24H26N4O5/c1-17-5-3-7-20(23(17)32-2)24(29)27-12-10-26(11-13-27)18-8-9-22(28(30)31)21(15-18)25-16-19-6-4-14-33-19/h3-9,14-15,25H,10-13,16H2,1-2H3. The van der Waals surface area contributed by atoms with Crippen molar-refractivity contribution >= 4 is 23.0 Å². The minimum atomic E-state index is -0.403. The van der Waals surface area contributed by atoms with E-state index in [1.165, 1.54) is 6.07 Å². The average molecular weight is 450 g/mol. The number of nitro benzene ring substituents is 1. The van der Waals surface area contributed by atoms with Crippen LogP contribution in [0.5, 0.6) is 5.75 Å². The number of hydrogen-bond donors (Lipinski definition) is 1. The first-order valence-corrected chi connectivity index (χ1v) is 10.7. The molecule has 1 fully saturated rings. The maximum Gasteiger partial charge on any atom is 0.292 e. The number of hydrogen-bond acceptors (Lipinski definition) is 7. The average Bonchev–Trinajstić information content (AvgIpc) is 3.35. The molecular weight excluding hydrogens is 424 g/mol. The van der Waals surface area contributed by atoms with Crippen LogP contribution in [0.1, 0.15) is 21.7 Å². The number of piperazine rings is 1. The molecule has 1 aliphatic rings. The summed E-state index contributed by atoms with van der Waals surface area (Å²) in [7, 11) is 1.57. The normalized spacial score (nSPS) is 13.6. The second-order valence-electron chi connectivity index (χ2n) is 7.83. The summed E-state index contributed by atoms with van der Waals surface area (Å²) in [5.74, 6) is 1.24. The summed E-state index contributed by atoms with van der Waals surface area (Å²) in [4.78, 5) is 28.1. The molecule has 9 nitrogen and oxygen atoms in total. The van der Waals surface area contributed by atoms with Gasteiger partial charge in [-0.25, -0.2) is 0 Å². The third-order valence-corrected chi connectivity index (χ3v) is 5.79. The van der Waals surface area contributed by atoms with Crippen LogP contribution in [-0.4, -0.2) is 49.0 Å². The second-order valence-corrected chi connectivity index (χ2v) is 7.83. The number of nitro groups is 1. The van der Waals surface area contributed by atoms with Crippen LogP contribution in [0.15, 0.2) is 59.2 Å². The minimum Gasteiger partial charge on any atom is -0.496 e. The molecule has 1 amide bonds. The fraction of sp³-hybridized carbons (Fsp3) is 0.292. The highest BCUT2D eigenvalue weighted by Crippen LogP contribution is 2.31. The van der Waals surface area contributed by atoms with Gasteiger partial charge in [-0.2, -0.15) is 0 Å². The number of para-hydroxylation sites is 1. The molecule has 1 N–H and O–H groups in total. The van der Waals surface area contributed by atoms with Gasteiger partial charge in [0.15, 0.2) is 0 Å². The number of ether oxygens (including phenoxy) is 1. The molecule has 1 aliphatic heterocycles. The summed E-state index contributed by atoms with van der Waals surface area (Å²) in [6.07, 6.45) is 1.56. The SMILES string of the molecule is COc1c(C)cccc1C(=O)N1CCN(c2ccc([N+](=O)[O-])c(NCc3ccco3)c2)CC1. The minimum absolute atomic E-state index is 0.00524. The number of furan rings is 1. The van der Waals surface area contributed by atoms with Crippen molar-refractivity contribution in [3.05, 3.63) is 81.8 Å². The van der Waals surface area contributed by atoms with Crippen molar-refractivity contribution < 1.29 is 18.9 Å². The van der Waals surface area contributed by atoms with Crippen molar-refractivity contribution in [3.8, 4) is 5.75 Å². The number of carbonyl (C=O) groups excluding carboxylic acids is 1. The molecule has 3 aromatic rings. The molecule has 0 spiro atoms. The number of rotatable bonds is 7. The number of benzene rings is 2. The van der Waals surface area contributed by atoms with Gasteiger partial charge in [-0.05, 0) is 42.8 Å². The van der Waals surface area contributed by atoms with E-state index in [2.05, 4.69) is 10.2 Å². The Kier molecular flexibility index (Phi) is 6.48. The highest BCUT2D eigenvalue weighted by Gasteiger charge is 2.26. The van der Waals surface area contributed by atoms with Crippen LogP contribution in [0.4, 0.5) is 17.1 Å². The van der Waals surface area contributed by atoms with Crippen LogP contribution in [-0.2, 0) is 6.54 Å². The Bertz CT molecular complexity index is 1140. The van der Waals surface area contributed by atoms with Gasteiger partial charge >= 0.3 is 0 Å². The monoisotopic (exact) mass is 450 g/mol. The molecule has 2 heterocycles. The molecule has 172 valence electrons. The summed E-state index contributed by atoms with van der Waals surface area (Å²) in [6.45, 7) is 4.59. The summed E-state index contributed by atoms with van der Waals surface area (Å²) in [5.41, 5.74) is 2.78. The molecule has 0 bridgehead atoms. The summed E-state index contributed by atoms with van der Waals surface area (Å²) in [5, 5.41) is 14.6. The molecule has 33 heavy (non-hydrogen) atoms. The van der Waals surface area contributed by atoms with Crippen molar-refractivity contribution in [2.45, 2.75) is 13.5 Å². The fourth-order valence-electron chi connectivity index (χ4n) is 4.05. The summed E-state index contributed by atoms with van der Waals surface area (Å²) < 4.78 is 10.8.